The van der Waals surface area contributed by atoms with E-state index in [4.69, 9.17) is 5.73 Å². The third kappa shape index (κ3) is 2.90. The highest BCUT2D eigenvalue weighted by atomic mass is 16.3. The van der Waals surface area contributed by atoms with Crippen LogP contribution >= 0.6 is 0 Å². The average Bonchev–Trinajstić information content (AvgIpc) is 3.07. The molecule has 0 aromatic heterocycles. The van der Waals surface area contributed by atoms with Crippen LogP contribution in [0.15, 0.2) is 0 Å². The summed E-state index contributed by atoms with van der Waals surface area (Å²) < 4.78 is 0. The van der Waals surface area contributed by atoms with E-state index in [0.717, 1.165) is 11.8 Å². The summed E-state index contributed by atoms with van der Waals surface area (Å²) in [6.45, 7) is 3.95. The second-order valence-electron chi connectivity index (χ2n) is 7.82. The largest absolute Gasteiger partial charge is 0.394 e. The molecule has 2 aliphatic carbocycles. The maximum atomic E-state index is 9.53. The van der Waals surface area contributed by atoms with E-state index in [-0.39, 0.29) is 12.1 Å². The van der Waals surface area contributed by atoms with Gasteiger partial charge in [-0.1, -0.05) is 19.3 Å². The molecule has 2 atom stereocenters. The number of rotatable bonds is 4. The normalized spacial score (nSPS) is 37.8. The van der Waals surface area contributed by atoms with Crippen molar-refractivity contribution in [2.75, 3.05) is 26.2 Å². The van der Waals surface area contributed by atoms with Crippen molar-refractivity contribution < 1.29 is 5.11 Å². The summed E-state index contributed by atoms with van der Waals surface area (Å²) in [4.78, 5) is 2.65. The lowest BCUT2D eigenvalue weighted by Crippen LogP contribution is -2.48. The van der Waals surface area contributed by atoms with E-state index >= 15 is 0 Å². The van der Waals surface area contributed by atoms with Gasteiger partial charge in [-0.2, -0.15) is 0 Å². The van der Waals surface area contributed by atoms with Gasteiger partial charge in [0.25, 0.3) is 0 Å². The van der Waals surface area contributed by atoms with Crippen molar-refractivity contribution >= 4 is 0 Å². The van der Waals surface area contributed by atoms with E-state index < -0.39 is 0 Å². The zero-order chi connectivity index (χ0) is 14.1. The molecule has 3 fully saturated rings. The van der Waals surface area contributed by atoms with E-state index in [0.29, 0.717) is 5.92 Å². The summed E-state index contributed by atoms with van der Waals surface area (Å²) in [7, 11) is 0. The van der Waals surface area contributed by atoms with Crippen LogP contribution in [0.25, 0.3) is 0 Å². The average molecular weight is 280 g/mol. The SMILES string of the molecule is NC1(CO)CCCC1CCN1CCC2(CCCC2)CC1. The molecule has 1 heterocycles. The fourth-order valence-corrected chi connectivity index (χ4v) is 5.02. The molecule has 0 bridgehead atoms. The molecule has 0 radical (unpaired) electrons. The van der Waals surface area contributed by atoms with Crippen molar-refractivity contribution in [3.8, 4) is 0 Å². The highest BCUT2D eigenvalue weighted by Crippen LogP contribution is 2.46. The first-order valence-corrected chi connectivity index (χ1v) is 8.78. The third-order valence-electron chi connectivity index (χ3n) is 6.68. The molecule has 0 amide bonds. The predicted octanol–water partition coefficient (Wildman–Crippen LogP) is 2.52. The quantitative estimate of drug-likeness (QED) is 0.832. The standard InChI is InChI=1S/C17H32N2O/c18-17(14-20)8-3-4-15(17)5-11-19-12-9-16(10-13-19)6-1-2-7-16/h15,20H,1-14,18H2. The van der Waals surface area contributed by atoms with Gasteiger partial charge in [-0.3, -0.25) is 0 Å². The van der Waals surface area contributed by atoms with Crippen molar-refractivity contribution in [1.29, 1.82) is 0 Å². The lowest BCUT2D eigenvalue weighted by atomic mass is 9.77. The minimum Gasteiger partial charge on any atom is -0.394 e. The van der Waals surface area contributed by atoms with Gasteiger partial charge in [-0.15, -0.1) is 0 Å². The molecular formula is C17H32N2O. The molecule has 2 unspecified atom stereocenters. The number of hydrogen-bond donors (Lipinski definition) is 2. The molecule has 116 valence electrons. The van der Waals surface area contributed by atoms with Gasteiger partial charge >= 0.3 is 0 Å². The number of hydrogen-bond acceptors (Lipinski definition) is 3. The first-order chi connectivity index (χ1) is 9.66. The second-order valence-corrected chi connectivity index (χ2v) is 7.82. The van der Waals surface area contributed by atoms with Crippen LogP contribution in [0.3, 0.4) is 0 Å². The molecule has 3 aliphatic rings. The highest BCUT2D eigenvalue weighted by molar-refractivity contribution is 4.97. The summed E-state index contributed by atoms with van der Waals surface area (Å²) in [5.41, 5.74) is 6.80. The molecule has 20 heavy (non-hydrogen) atoms. The van der Waals surface area contributed by atoms with Crippen molar-refractivity contribution in [2.45, 2.75) is 69.7 Å². The summed E-state index contributed by atoms with van der Waals surface area (Å²) in [6, 6.07) is 0. The Morgan fingerprint density at radius 2 is 1.70 bits per heavy atom. The number of aliphatic hydroxyl groups is 1. The van der Waals surface area contributed by atoms with Crippen LogP contribution < -0.4 is 5.73 Å². The summed E-state index contributed by atoms with van der Waals surface area (Å²) >= 11 is 0. The van der Waals surface area contributed by atoms with Crippen LogP contribution in [0.5, 0.6) is 0 Å². The van der Waals surface area contributed by atoms with Gasteiger partial charge in [0.1, 0.15) is 0 Å². The summed E-state index contributed by atoms with van der Waals surface area (Å²) in [5, 5.41) is 9.53. The lowest BCUT2D eigenvalue weighted by Gasteiger charge is -2.40. The van der Waals surface area contributed by atoms with Gasteiger partial charge in [0.05, 0.1) is 6.61 Å². The van der Waals surface area contributed by atoms with E-state index in [2.05, 4.69) is 4.90 Å². The van der Waals surface area contributed by atoms with Crippen molar-refractivity contribution in [3.63, 3.8) is 0 Å². The summed E-state index contributed by atoms with van der Waals surface area (Å²) in [6.07, 6.45) is 13.4. The molecule has 1 spiro atoms. The van der Waals surface area contributed by atoms with Crippen LogP contribution in [-0.2, 0) is 0 Å². The third-order valence-corrected chi connectivity index (χ3v) is 6.68. The molecule has 3 rings (SSSR count). The predicted molar refractivity (Wildman–Crippen MR) is 82.5 cm³/mol. The molecule has 3 heteroatoms. The van der Waals surface area contributed by atoms with Crippen LogP contribution in [-0.4, -0.2) is 41.8 Å². The first-order valence-electron chi connectivity index (χ1n) is 8.78. The Morgan fingerprint density at radius 1 is 1.00 bits per heavy atom. The van der Waals surface area contributed by atoms with Crippen LogP contribution in [0, 0.1) is 11.3 Å². The van der Waals surface area contributed by atoms with Crippen molar-refractivity contribution in [1.82, 2.24) is 4.90 Å². The zero-order valence-electron chi connectivity index (χ0n) is 12.9. The smallest absolute Gasteiger partial charge is 0.0613 e. The number of piperidine rings is 1. The fourth-order valence-electron chi connectivity index (χ4n) is 5.02. The van der Waals surface area contributed by atoms with Crippen LogP contribution in [0.2, 0.25) is 0 Å². The van der Waals surface area contributed by atoms with Gasteiger partial charge in [0, 0.05) is 5.54 Å². The van der Waals surface area contributed by atoms with Gasteiger partial charge < -0.3 is 15.7 Å². The number of nitrogens with zero attached hydrogens (tertiary/aromatic N) is 1. The Hall–Kier alpha value is -0.120. The van der Waals surface area contributed by atoms with Gasteiger partial charge in [0.15, 0.2) is 0 Å². The molecular weight excluding hydrogens is 248 g/mol. The second kappa shape index (κ2) is 5.94. The molecule has 0 aromatic carbocycles. The molecule has 1 saturated heterocycles. The maximum absolute atomic E-state index is 9.53. The highest BCUT2D eigenvalue weighted by Gasteiger charge is 2.40. The molecule has 3 nitrogen and oxygen atoms in total. The molecule has 3 N–H and O–H groups in total. The Labute approximate surface area is 123 Å². The van der Waals surface area contributed by atoms with E-state index in [1.165, 1.54) is 77.4 Å². The van der Waals surface area contributed by atoms with Crippen molar-refractivity contribution in [2.24, 2.45) is 17.1 Å². The van der Waals surface area contributed by atoms with Gasteiger partial charge in [0.2, 0.25) is 0 Å². The van der Waals surface area contributed by atoms with Crippen LogP contribution in [0.4, 0.5) is 0 Å². The molecule has 0 aromatic rings. The van der Waals surface area contributed by atoms with E-state index in [9.17, 15) is 5.11 Å². The monoisotopic (exact) mass is 280 g/mol. The van der Waals surface area contributed by atoms with E-state index in [1.807, 2.05) is 0 Å². The molecule has 1 aliphatic heterocycles. The molecule has 2 saturated carbocycles. The maximum Gasteiger partial charge on any atom is 0.0613 e. The summed E-state index contributed by atoms with van der Waals surface area (Å²) in [5.74, 6) is 0.537. The Bertz CT molecular complexity index is 317. The number of nitrogens with two attached hydrogens (primary N) is 1. The fraction of sp³-hybridized carbons (Fsp3) is 1.00. The minimum atomic E-state index is -0.275. The Kier molecular flexibility index (Phi) is 4.40. The van der Waals surface area contributed by atoms with E-state index in [1.54, 1.807) is 0 Å². The van der Waals surface area contributed by atoms with Crippen LogP contribution in [0.1, 0.15) is 64.2 Å². The van der Waals surface area contributed by atoms with Gasteiger partial charge in [-0.05, 0) is 75.9 Å². The topological polar surface area (TPSA) is 49.5 Å². The van der Waals surface area contributed by atoms with Crippen molar-refractivity contribution in [3.05, 3.63) is 0 Å². The van der Waals surface area contributed by atoms with Gasteiger partial charge in [-0.25, -0.2) is 0 Å². The minimum absolute atomic E-state index is 0.167. The number of likely N-dealkylation sites (tertiary alicyclic amines) is 1. The Balaban J connectivity index is 1.44. The lowest BCUT2D eigenvalue weighted by molar-refractivity contribution is 0.0937. The zero-order valence-corrected chi connectivity index (χ0v) is 12.9. The number of aliphatic hydroxyl groups excluding tert-OH is 1. The first kappa shape index (κ1) is 14.8. The Morgan fingerprint density at radius 3 is 2.35 bits per heavy atom.